The summed E-state index contributed by atoms with van der Waals surface area (Å²) in [5.74, 6) is -1.82. The third-order valence-electron chi connectivity index (χ3n) is 5.04. The summed E-state index contributed by atoms with van der Waals surface area (Å²) in [4.78, 5) is 26.1. The number of carbonyl (C=O) groups is 2. The highest BCUT2D eigenvalue weighted by Gasteiger charge is 2.34. The molecule has 1 aliphatic heterocycles. The molecule has 3 nitrogen and oxygen atoms in total. The molecule has 0 fully saturated rings. The predicted molar refractivity (Wildman–Crippen MR) is 107 cm³/mol. The fourth-order valence-corrected chi connectivity index (χ4v) is 3.39. The smallest absolute Gasteiger partial charge is 0.261 e. The summed E-state index contributed by atoms with van der Waals surface area (Å²) < 4.78 is 27.0. The Morgan fingerprint density at radius 2 is 1.48 bits per heavy atom. The Bertz CT molecular complexity index is 1110. The summed E-state index contributed by atoms with van der Waals surface area (Å²) in [6, 6.07) is 17.4. The molecule has 0 aromatic heterocycles. The number of hydrogen-bond donors (Lipinski definition) is 0. The molecule has 144 valence electrons. The van der Waals surface area contributed by atoms with Crippen LogP contribution in [0.15, 0.2) is 72.8 Å². The van der Waals surface area contributed by atoms with Crippen molar-refractivity contribution in [2.75, 3.05) is 6.54 Å². The Morgan fingerprint density at radius 3 is 2.07 bits per heavy atom. The fourth-order valence-electron chi connectivity index (χ4n) is 3.39. The number of halogens is 2. The lowest BCUT2D eigenvalue weighted by Crippen LogP contribution is -2.29. The molecule has 2 amide bonds. The molecule has 0 radical (unpaired) electrons. The van der Waals surface area contributed by atoms with Crippen LogP contribution in [0.4, 0.5) is 8.78 Å². The third-order valence-corrected chi connectivity index (χ3v) is 5.04. The molecule has 3 aromatic carbocycles. The van der Waals surface area contributed by atoms with Gasteiger partial charge in [-0.15, -0.1) is 0 Å². The molecule has 0 bridgehead atoms. The van der Waals surface area contributed by atoms with Gasteiger partial charge in [0.05, 0.1) is 11.1 Å². The average Bonchev–Trinajstić information content (AvgIpc) is 2.97. The van der Waals surface area contributed by atoms with E-state index >= 15 is 0 Å². The van der Waals surface area contributed by atoms with Crippen LogP contribution in [0, 0.1) is 11.6 Å². The van der Waals surface area contributed by atoms with E-state index in [1.54, 1.807) is 36.4 Å². The molecule has 5 heteroatoms. The normalized spacial score (nSPS) is 13.8. The minimum absolute atomic E-state index is 0.173. The molecule has 0 N–H and O–H groups in total. The van der Waals surface area contributed by atoms with Crippen molar-refractivity contribution >= 4 is 17.4 Å². The van der Waals surface area contributed by atoms with Gasteiger partial charge in [-0.2, -0.15) is 0 Å². The highest BCUT2D eigenvalue weighted by Crippen LogP contribution is 2.26. The molecular weight excluding hydrogens is 372 g/mol. The molecule has 0 unspecified atom stereocenters. The van der Waals surface area contributed by atoms with Crippen LogP contribution in [0.1, 0.15) is 33.2 Å². The van der Waals surface area contributed by atoms with Crippen molar-refractivity contribution in [3.63, 3.8) is 0 Å². The number of rotatable bonds is 4. The van der Waals surface area contributed by atoms with Crippen LogP contribution in [0.5, 0.6) is 0 Å². The molecule has 0 spiro atoms. The molecular formula is C24H17F2NO2. The zero-order chi connectivity index (χ0) is 20.5. The molecule has 0 atom stereocenters. The lowest BCUT2D eigenvalue weighted by Gasteiger charge is -2.12. The standard InChI is InChI=1S/C24H17F2NO2/c1-15(12-13-27-23(28)20-4-2-3-5-21(20)24(27)29)16-6-8-17(9-7-16)19-11-10-18(25)14-22(19)26/h2-12,14H,13H2,1H3/b15-12-. The zero-order valence-electron chi connectivity index (χ0n) is 15.7. The van der Waals surface area contributed by atoms with E-state index in [2.05, 4.69) is 0 Å². The number of hydrogen-bond acceptors (Lipinski definition) is 2. The Balaban J connectivity index is 1.51. The summed E-state index contributed by atoms with van der Waals surface area (Å²) in [5, 5.41) is 0. The molecule has 1 heterocycles. The Kier molecular flexibility index (Phi) is 4.80. The number of imide groups is 1. The SMILES string of the molecule is C/C(=C/CN1C(=O)c2ccccc2C1=O)c1ccc(-c2ccc(F)cc2F)cc1. The minimum Gasteiger partial charge on any atom is -0.270 e. The fraction of sp³-hybridized carbons (Fsp3) is 0.0833. The first-order valence-electron chi connectivity index (χ1n) is 9.13. The van der Waals surface area contributed by atoms with Gasteiger partial charge in [-0.1, -0.05) is 42.5 Å². The van der Waals surface area contributed by atoms with Crippen molar-refractivity contribution < 1.29 is 18.4 Å². The van der Waals surface area contributed by atoms with Gasteiger partial charge in [0, 0.05) is 18.2 Å². The lowest BCUT2D eigenvalue weighted by molar-refractivity contribution is 0.0672. The van der Waals surface area contributed by atoms with E-state index in [0.717, 1.165) is 17.2 Å². The second-order valence-corrected chi connectivity index (χ2v) is 6.86. The van der Waals surface area contributed by atoms with Crippen LogP contribution in [0.3, 0.4) is 0 Å². The minimum atomic E-state index is -0.616. The summed E-state index contributed by atoms with van der Waals surface area (Å²) in [6.07, 6.45) is 1.81. The maximum absolute atomic E-state index is 14.0. The summed E-state index contributed by atoms with van der Waals surface area (Å²) >= 11 is 0. The molecule has 0 saturated carbocycles. The van der Waals surface area contributed by atoms with Gasteiger partial charge < -0.3 is 0 Å². The Morgan fingerprint density at radius 1 is 0.862 bits per heavy atom. The summed E-state index contributed by atoms with van der Waals surface area (Å²) in [6.45, 7) is 2.05. The van der Waals surface area contributed by atoms with Crippen LogP contribution >= 0.6 is 0 Å². The Labute approximate surface area is 166 Å². The van der Waals surface area contributed by atoms with E-state index < -0.39 is 11.6 Å². The molecule has 0 saturated heterocycles. The van der Waals surface area contributed by atoms with E-state index in [1.165, 1.54) is 17.0 Å². The maximum Gasteiger partial charge on any atom is 0.261 e. The van der Waals surface area contributed by atoms with Gasteiger partial charge in [0.25, 0.3) is 11.8 Å². The van der Waals surface area contributed by atoms with E-state index in [-0.39, 0.29) is 18.4 Å². The quantitative estimate of drug-likeness (QED) is 0.566. The lowest BCUT2D eigenvalue weighted by atomic mass is 10.0. The van der Waals surface area contributed by atoms with E-state index in [1.807, 2.05) is 25.1 Å². The molecule has 1 aliphatic rings. The molecule has 0 aliphatic carbocycles. The zero-order valence-corrected chi connectivity index (χ0v) is 15.7. The van der Waals surface area contributed by atoms with Gasteiger partial charge in [0.1, 0.15) is 11.6 Å². The van der Waals surface area contributed by atoms with E-state index in [0.29, 0.717) is 22.3 Å². The van der Waals surface area contributed by atoms with Crippen molar-refractivity contribution in [2.24, 2.45) is 0 Å². The molecule has 4 rings (SSSR count). The monoisotopic (exact) mass is 389 g/mol. The van der Waals surface area contributed by atoms with Crippen molar-refractivity contribution in [2.45, 2.75) is 6.92 Å². The topological polar surface area (TPSA) is 37.4 Å². The summed E-state index contributed by atoms with van der Waals surface area (Å²) in [7, 11) is 0. The highest BCUT2D eigenvalue weighted by molar-refractivity contribution is 6.21. The van der Waals surface area contributed by atoms with Crippen LogP contribution in [0.25, 0.3) is 16.7 Å². The first-order chi connectivity index (χ1) is 14.0. The second-order valence-electron chi connectivity index (χ2n) is 6.86. The third kappa shape index (κ3) is 3.47. The van der Waals surface area contributed by atoms with Gasteiger partial charge in [-0.05, 0) is 47.9 Å². The summed E-state index contributed by atoms with van der Waals surface area (Å²) in [5.41, 5.74) is 3.58. The second kappa shape index (κ2) is 7.43. The first-order valence-corrected chi connectivity index (χ1v) is 9.13. The van der Waals surface area contributed by atoms with Gasteiger partial charge in [0.2, 0.25) is 0 Å². The van der Waals surface area contributed by atoms with Crippen LogP contribution < -0.4 is 0 Å². The van der Waals surface area contributed by atoms with Crippen molar-refractivity contribution in [3.8, 4) is 11.1 Å². The predicted octanol–water partition coefficient (Wildman–Crippen LogP) is 5.33. The van der Waals surface area contributed by atoms with Crippen LogP contribution in [0.2, 0.25) is 0 Å². The van der Waals surface area contributed by atoms with Gasteiger partial charge in [0.15, 0.2) is 0 Å². The van der Waals surface area contributed by atoms with Crippen molar-refractivity contribution in [1.82, 2.24) is 4.90 Å². The first kappa shape index (κ1) is 18.7. The van der Waals surface area contributed by atoms with Crippen molar-refractivity contribution in [3.05, 3.63) is 101 Å². The number of allylic oxidation sites excluding steroid dienone is 1. The van der Waals surface area contributed by atoms with Crippen molar-refractivity contribution in [1.29, 1.82) is 0 Å². The molecule has 29 heavy (non-hydrogen) atoms. The number of nitrogens with zero attached hydrogens (tertiary/aromatic N) is 1. The van der Waals surface area contributed by atoms with E-state index in [4.69, 9.17) is 0 Å². The highest BCUT2D eigenvalue weighted by atomic mass is 19.1. The van der Waals surface area contributed by atoms with Gasteiger partial charge >= 0.3 is 0 Å². The van der Waals surface area contributed by atoms with Crippen LogP contribution in [-0.4, -0.2) is 23.3 Å². The van der Waals surface area contributed by atoms with Gasteiger partial charge in [-0.3, -0.25) is 14.5 Å². The number of benzene rings is 3. The van der Waals surface area contributed by atoms with Gasteiger partial charge in [-0.25, -0.2) is 8.78 Å². The number of carbonyl (C=O) groups excluding carboxylic acids is 2. The number of fused-ring (bicyclic) bond motifs is 1. The maximum atomic E-state index is 14.0. The van der Waals surface area contributed by atoms with Crippen LogP contribution in [-0.2, 0) is 0 Å². The average molecular weight is 389 g/mol. The largest absolute Gasteiger partial charge is 0.270 e. The Hall–Kier alpha value is -3.60. The molecule has 3 aromatic rings. The number of amides is 2. The van der Waals surface area contributed by atoms with E-state index in [9.17, 15) is 18.4 Å².